The van der Waals surface area contributed by atoms with Gasteiger partial charge in [-0.2, -0.15) is 5.10 Å². The molecule has 112 valence electrons. The van der Waals surface area contributed by atoms with Crippen LogP contribution in [0.5, 0.6) is 0 Å². The van der Waals surface area contributed by atoms with E-state index in [1.807, 2.05) is 22.9 Å². The smallest absolute Gasteiger partial charge is 0.132 e. The maximum Gasteiger partial charge on any atom is 0.132 e. The molecule has 1 aromatic carbocycles. The van der Waals surface area contributed by atoms with E-state index in [-0.39, 0.29) is 0 Å². The second-order valence-corrected chi connectivity index (χ2v) is 6.33. The van der Waals surface area contributed by atoms with Crippen molar-refractivity contribution < 1.29 is 0 Å². The van der Waals surface area contributed by atoms with E-state index >= 15 is 0 Å². The second kappa shape index (κ2) is 6.85. The molecule has 2 aromatic rings. The monoisotopic (exact) mass is 322 g/mol. The van der Waals surface area contributed by atoms with Crippen LogP contribution in [0.2, 0.25) is 5.15 Å². The van der Waals surface area contributed by atoms with Crippen LogP contribution in [0.25, 0.3) is 11.3 Å². The minimum atomic E-state index is 0.399. The van der Waals surface area contributed by atoms with Crippen LogP contribution in [0.3, 0.4) is 0 Å². The van der Waals surface area contributed by atoms with E-state index in [4.69, 9.17) is 28.3 Å². The van der Waals surface area contributed by atoms with Gasteiger partial charge in [-0.1, -0.05) is 67.6 Å². The fourth-order valence-corrected chi connectivity index (χ4v) is 3.79. The average molecular weight is 323 g/mol. The lowest BCUT2D eigenvalue weighted by molar-refractivity contribution is 0.407. The summed E-state index contributed by atoms with van der Waals surface area (Å²) in [5, 5.41) is 5.53. The normalized spacial score (nSPS) is 16.9. The molecule has 0 saturated heterocycles. The SMILES string of the molecule is ClCc1c(-c2ccccc2)nn(C2CCCCCC2)c1Cl. The van der Waals surface area contributed by atoms with Crippen molar-refractivity contribution in [2.24, 2.45) is 0 Å². The van der Waals surface area contributed by atoms with Gasteiger partial charge < -0.3 is 0 Å². The maximum absolute atomic E-state index is 6.58. The Balaban J connectivity index is 2.00. The van der Waals surface area contributed by atoms with E-state index < -0.39 is 0 Å². The lowest BCUT2D eigenvalue weighted by atomic mass is 10.1. The zero-order chi connectivity index (χ0) is 14.7. The van der Waals surface area contributed by atoms with Gasteiger partial charge in [-0.15, -0.1) is 11.6 Å². The van der Waals surface area contributed by atoms with Crippen LogP contribution in [0, 0.1) is 0 Å². The summed E-state index contributed by atoms with van der Waals surface area (Å²) in [5.74, 6) is 0.399. The lowest BCUT2D eigenvalue weighted by Crippen LogP contribution is -2.10. The molecule has 1 aromatic heterocycles. The van der Waals surface area contributed by atoms with Crippen LogP contribution in [-0.2, 0) is 5.88 Å². The number of rotatable bonds is 3. The molecule has 0 unspecified atom stereocenters. The van der Waals surface area contributed by atoms with Crippen molar-refractivity contribution in [2.45, 2.75) is 50.4 Å². The third-order valence-corrected chi connectivity index (χ3v) is 4.96. The average Bonchev–Trinajstić information content (AvgIpc) is 2.70. The maximum atomic E-state index is 6.58. The Morgan fingerprint density at radius 2 is 1.71 bits per heavy atom. The van der Waals surface area contributed by atoms with Crippen LogP contribution in [0.4, 0.5) is 0 Å². The van der Waals surface area contributed by atoms with Gasteiger partial charge in [0.25, 0.3) is 0 Å². The molecule has 1 saturated carbocycles. The first-order valence-electron chi connectivity index (χ1n) is 7.69. The summed E-state index contributed by atoms with van der Waals surface area (Å²) in [6.45, 7) is 0. The fraction of sp³-hybridized carbons (Fsp3) is 0.471. The molecule has 0 spiro atoms. The molecule has 21 heavy (non-hydrogen) atoms. The highest BCUT2D eigenvalue weighted by Crippen LogP contribution is 2.35. The van der Waals surface area contributed by atoms with E-state index in [9.17, 15) is 0 Å². The molecule has 1 aliphatic carbocycles. The highest BCUT2D eigenvalue weighted by atomic mass is 35.5. The number of nitrogens with zero attached hydrogens (tertiary/aromatic N) is 2. The van der Waals surface area contributed by atoms with Crippen LogP contribution < -0.4 is 0 Å². The van der Waals surface area contributed by atoms with Gasteiger partial charge in [0.05, 0.1) is 17.6 Å². The molecule has 0 atom stereocenters. The van der Waals surface area contributed by atoms with E-state index in [1.54, 1.807) is 0 Å². The lowest BCUT2D eigenvalue weighted by Gasteiger charge is -2.15. The first kappa shape index (κ1) is 14.9. The molecule has 0 bridgehead atoms. The highest BCUT2D eigenvalue weighted by Gasteiger charge is 2.23. The van der Waals surface area contributed by atoms with Crippen molar-refractivity contribution in [3.05, 3.63) is 41.0 Å². The number of aromatic nitrogens is 2. The Bertz CT molecular complexity index is 584. The molecule has 0 amide bonds. The van der Waals surface area contributed by atoms with Crippen LogP contribution in [-0.4, -0.2) is 9.78 Å². The summed E-state index contributed by atoms with van der Waals surface area (Å²) in [4.78, 5) is 0. The molecule has 0 N–H and O–H groups in total. The molecule has 1 heterocycles. The Morgan fingerprint density at radius 1 is 1.05 bits per heavy atom. The van der Waals surface area contributed by atoms with Crippen LogP contribution >= 0.6 is 23.2 Å². The largest absolute Gasteiger partial charge is 0.250 e. The van der Waals surface area contributed by atoms with Gasteiger partial charge in [0, 0.05) is 11.1 Å². The predicted octanol–water partition coefficient (Wildman–Crippen LogP) is 5.84. The van der Waals surface area contributed by atoms with Gasteiger partial charge in [0.1, 0.15) is 5.15 Å². The molecule has 4 heteroatoms. The number of halogens is 2. The molecule has 1 aliphatic rings. The van der Waals surface area contributed by atoms with Gasteiger partial charge in [-0.3, -0.25) is 4.68 Å². The third-order valence-electron chi connectivity index (χ3n) is 4.30. The van der Waals surface area contributed by atoms with E-state index in [0.29, 0.717) is 11.9 Å². The predicted molar refractivity (Wildman–Crippen MR) is 89.0 cm³/mol. The zero-order valence-corrected chi connectivity index (χ0v) is 13.6. The van der Waals surface area contributed by atoms with Gasteiger partial charge in [0.15, 0.2) is 0 Å². The van der Waals surface area contributed by atoms with Gasteiger partial charge >= 0.3 is 0 Å². The summed E-state index contributed by atoms with van der Waals surface area (Å²) in [7, 11) is 0. The van der Waals surface area contributed by atoms with Crippen LogP contribution in [0.1, 0.15) is 50.1 Å². The highest BCUT2D eigenvalue weighted by molar-refractivity contribution is 6.31. The van der Waals surface area contributed by atoms with Crippen molar-refractivity contribution in [1.82, 2.24) is 9.78 Å². The van der Waals surface area contributed by atoms with E-state index in [2.05, 4.69) is 12.1 Å². The first-order valence-corrected chi connectivity index (χ1v) is 8.60. The van der Waals surface area contributed by atoms with Gasteiger partial charge in [-0.25, -0.2) is 0 Å². The van der Waals surface area contributed by atoms with Crippen molar-refractivity contribution in [3.8, 4) is 11.3 Å². The Kier molecular flexibility index (Phi) is 4.87. The number of alkyl halides is 1. The standard InChI is InChI=1S/C17H20Cl2N2/c18-12-15-16(13-8-4-3-5-9-13)20-21(17(15)19)14-10-6-1-2-7-11-14/h3-5,8-9,14H,1-2,6-7,10-12H2. The topological polar surface area (TPSA) is 17.8 Å². The molecule has 0 radical (unpaired) electrons. The molecule has 3 rings (SSSR count). The minimum Gasteiger partial charge on any atom is -0.250 e. The number of benzene rings is 1. The molecule has 2 nitrogen and oxygen atoms in total. The van der Waals surface area contributed by atoms with Crippen LogP contribution in [0.15, 0.2) is 30.3 Å². The van der Waals surface area contributed by atoms with Gasteiger partial charge in [0.2, 0.25) is 0 Å². The summed E-state index contributed by atoms with van der Waals surface area (Å²) >= 11 is 12.7. The zero-order valence-electron chi connectivity index (χ0n) is 12.1. The van der Waals surface area contributed by atoms with Crippen molar-refractivity contribution in [3.63, 3.8) is 0 Å². The van der Waals surface area contributed by atoms with Crippen molar-refractivity contribution >= 4 is 23.2 Å². The summed E-state index contributed by atoms with van der Waals surface area (Å²) < 4.78 is 2.02. The molecular formula is C17H20Cl2N2. The third kappa shape index (κ3) is 3.12. The Hall–Kier alpha value is -0.990. The van der Waals surface area contributed by atoms with E-state index in [1.165, 1.54) is 25.7 Å². The van der Waals surface area contributed by atoms with Gasteiger partial charge in [-0.05, 0) is 12.8 Å². The molecular weight excluding hydrogens is 303 g/mol. The second-order valence-electron chi connectivity index (χ2n) is 5.71. The summed E-state index contributed by atoms with van der Waals surface area (Å²) in [6, 6.07) is 10.6. The summed E-state index contributed by atoms with van der Waals surface area (Å²) in [5.41, 5.74) is 2.97. The number of hydrogen-bond acceptors (Lipinski definition) is 1. The quantitative estimate of drug-likeness (QED) is 0.513. The Labute approximate surface area is 136 Å². The number of hydrogen-bond donors (Lipinski definition) is 0. The van der Waals surface area contributed by atoms with E-state index in [0.717, 1.165) is 34.8 Å². The minimum absolute atomic E-state index is 0.399. The Morgan fingerprint density at radius 3 is 2.33 bits per heavy atom. The van der Waals surface area contributed by atoms with Crippen molar-refractivity contribution in [2.75, 3.05) is 0 Å². The summed E-state index contributed by atoms with van der Waals surface area (Å²) in [6.07, 6.45) is 7.50. The fourth-order valence-electron chi connectivity index (χ4n) is 3.14. The molecule has 1 fully saturated rings. The molecule has 0 aliphatic heterocycles. The first-order chi connectivity index (χ1) is 10.3. The van der Waals surface area contributed by atoms with Crippen molar-refractivity contribution in [1.29, 1.82) is 0 Å².